The Labute approximate surface area is 137 Å². The van der Waals surface area contributed by atoms with Gasteiger partial charge in [0.1, 0.15) is 0 Å². The van der Waals surface area contributed by atoms with Gasteiger partial charge in [0, 0.05) is 25.6 Å². The van der Waals surface area contributed by atoms with Crippen molar-refractivity contribution in [1.82, 2.24) is 4.90 Å². The molecule has 0 aromatic heterocycles. The molecule has 0 aliphatic carbocycles. The first kappa shape index (κ1) is 19.5. The van der Waals surface area contributed by atoms with E-state index in [4.69, 9.17) is 0 Å². The van der Waals surface area contributed by atoms with Crippen molar-refractivity contribution in [2.24, 2.45) is 16.2 Å². The summed E-state index contributed by atoms with van der Waals surface area (Å²) in [6, 6.07) is 0.173. The largest absolute Gasteiger partial charge is 0.396 e. The van der Waals surface area contributed by atoms with Crippen LogP contribution in [0.2, 0.25) is 0 Å². The van der Waals surface area contributed by atoms with E-state index in [0.29, 0.717) is 12.3 Å². The first-order chi connectivity index (χ1) is 9.95. The Bertz CT molecular complexity index is 379. The van der Waals surface area contributed by atoms with Crippen molar-refractivity contribution in [3.63, 3.8) is 0 Å². The fourth-order valence-corrected chi connectivity index (χ4v) is 4.19. The second-order valence-electron chi connectivity index (χ2n) is 9.25. The number of hydrogen-bond acceptors (Lipinski definition) is 2. The van der Waals surface area contributed by atoms with Crippen molar-refractivity contribution in [3.05, 3.63) is 0 Å². The summed E-state index contributed by atoms with van der Waals surface area (Å²) < 4.78 is 0. The molecular formula is C19H37NO2. The summed E-state index contributed by atoms with van der Waals surface area (Å²) in [4.78, 5) is 14.9. The van der Waals surface area contributed by atoms with Gasteiger partial charge >= 0.3 is 0 Å². The van der Waals surface area contributed by atoms with Crippen LogP contribution in [-0.2, 0) is 4.79 Å². The zero-order chi connectivity index (χ0) is 17.2. The van der Waals surface area contributed by atoms with E-state index in [1.807, 2.05) is 0 Å². The minimum atomic E-state index is -0.0754. The Morgan fingerprint density at radius 1 is 1.05 bits per heavy atom. The standard InChI is InChI=1S/C19H37NO2/c1-17(2,3)16(19(6,7)18(4,5)12-14-21)20-13-10-8-9-11-15(20)22/h16,21H,8-14H2,1-7H3. The third-order valence-electron chi connectivity index (χ3n) is 5.91. The van der Waals surface area contributed by atoms with Crippen molar-refractivity contribution in [1.29, 1.82) is 0 Å². The van der Waals surface area contributed by atoms with Crippen LogP contribution in [0.5, 0.6) is 0 Å². The molecule has 1 fully saturated rings. The molecule has 3 nitrogen and oxygen atoms in total. The zero-order valence-corrected chi connectivity index (χ0v) is 15.8. The van der Waals surface area contributed by atoms with Gasteiger partial charge in [-0.25, -0.2) is 0 Å². The summed E-state index contributed by atoms with van der Waals surface area (Å²) in [5.41, 5.74) is -0.101. The van der Waals surface area contributed by atoms with Crippen LogP contribution in [0.4, 0.5) is 0 Å². The minimum Gasteiger partial charge on any atom is -0.396 e. The van der Waals surface area contributed by atoms with Crippen LogP contribution in [0.25, 0.3) is 0 Å². The molecule has 22 heavy (non-hydrogen) atoms. The average Bonchev–Trinajstić information content (AvgIpc) is 2.53. The van der Waals surface area contributed by atoms with Gasteiger partial charge in [0.2, 0.25) is 5.91 Å². The van der Waals surface area contributed by atoms with Gasteiger partial charge in [0.15, 0.2) is 0 Å². The van der Waals surface area contributed by atoms with Gasteiger partial charge in [0.25, 0.3) is 0 Å². The first-order valence-electron chi connectivity index (χ1n) is 8.85. The second-order valence-corrected chi connectivity index (χ2v) is 9.25. The molecular weight excluding hydrogens is 274 g/mol. The van der Waals surface area contributed by atoms with Crippen LogP contribution < -0.4 is 0 Å². The summed E-state index contributed by atoms with van der Waals surface area (Å²) in [5, 5.41) is 9.48. The molecule has 0 saturated carbocycles. The van der Waals surface area contributed by atoms with Gasteiger partial charge in [-0.2, -0.15) is 0 Å². The van der Waals surface area contributed by atoms with Gasteiger partial charge in [-0.05, 0) is 35.5 Å². The van der Waals surface area contributed by atoms with Crippen LogP contribution in [0, 0.1) is 16.2 Å². The first-order valence-corrected chi connectivity index (χ1v) is 8.85. The number of rotatable bonds is 5. The van der Waals surface area contributed by atoms with E-state index in [9.17, 15) is 9.90 Å². The number of amides is 1. The zero-order valence-electron chi connectivity index (χ0n) is 15.8. The molecule has 1 saturated heterocycles. The van der Waals surface area contributed by atoms with Crippen LogP contribution in [-0.4, -0.2) is 35.1 Å². The maximum atomic E-state index is 12.7. The van der Waals surface area contributed by atoms with E-state index in [0.717, 1.165) is 32.2 Å². The molecule has 0 aromatic carbocycles. The van der Waals surface area contributed by atoms with Crippen LogP contribution in [0.3, 0.4) is 0 Å². The molecule has 3 heteroatoms. The van der Waals surface area contributed by atoms with Crippen LogP contribution >= 0.6 is 0 Å². The number of likely N-dealkylation sites (tertiary alicyclic amines) is 1. The monoisotopic (exact) mass is 311 g/mol. The van der Waals surface area contributed by atoms with Gasteiger partial charge < -0.3 is 10.0 Å². The summed E-state index contributed by atoms with van der Waals surface area (Å²) >= 11 is 0. The Morgan fingerprint density at radius 2 is 1.64 bits per heavy atom. The molecule has 0 aromatic rings. The van der Waals surface area contributed by atoms with Crippen molar-refractivity contribution < 1.29 is 9.90 Å². The Kier molecular flexibility index (Phi) is 6.11. The molecule has 1 heterocycles. The molecule has 1 atom stereocenters. The smallest absolute Gasteiger partial charge is 0.222 e. The number of carbonyl (C=O) groups excluding carboxylic acids is 1. The number of aliphatic hydroxyl groups is 1. The molecule has 1 aliphatic heterocycles. The third kappa shape index (κ3) is 4.04. The van der Waals surface area contributed by atoms with Gasteiger partial charge in [-0.15, -0.1) is 0 Å². The normalized spacial score (nSPS) is 20.0. The highest BCUT2D eigenvalue weighted by molar-refractivity contribution is 5.77. The number of nitrogens with zero attached hydrogens (tertiary/aromatic N) is 1. The number of aliphatic hydroxyl groups excluding tert-OH is 1. The van der Waals surface area contributed by atoms with E-state index in [-0.39, 0.29) is 28.9 Å². The highest BCUT2D eigenvalue weighted by Crippen LogP contribution is 2.51. The summed E-state index contributed by atoms with van der Waals surface area (Å²) in [5.74, 6) is 0.310. The van der Waals surface area contributed by atoms with Crippen molar-refractivity contribution in [3.8, 4) is 0 Å². The lowest BCUT2D eigenvalue weighted by molar-refractivity contribution is -0.144. The maximum absolute atomic E-state index is 12.7. The van der Waals surface area contributed by atoms with Gasteiger partial charge in [-0.1, -0.05) is 54.9 Å². The molecule has 1 N–H and O–H groups in total. The summed E-state index contributed by atoms with van der Waals surface area (Å²) in [6.07, 6.45) is 4.72. The number of carbonyl (C=O) groups is 1. The predicted octanol–water partition coefficient (Wildman–Crippen LogP) is 4.24. The summed E-state index contributed by atoms with van der Waals surface area (Å²) in [6.45, 7) is 16.8. The van der Waals surface area contributed by atoms with E-state index >= 15 is 0 Å². The van der Waals surface area contributed by atoms with Crippen molar-refractivity contribution in [2.75, 3.05) is 13.2 Å². The van der Waals surface area contributed by atoms with E-state index in [1.165, 1.54) is 0 Å². The summed E-state index contributed by atoms with van der Waals surface area (Å²) in [7, 11) is 0. The number of hydrogen-bond donors (Lipinski definition) is 1. The van der Waals surface area contributed by atoms with E-state index < -0.39 is 0 Å². The molecule has 1 unspecified atom stereocenters. The predicted molar refractivity (Wildman–Crippen MR) is 92.7 cm³/mol. The second kappa shape index (κ2) is 6.90. The Hall–Kier alpha value is -0.570. The van der Waals surface area contributed by atoms with Crippen LogP contribution in [0.15, 0.2) is 0 Å². The average molecular weight is 312 g/mol. The third-order valence-corrected chi connectivity index (χ3v) is 5.91. The molecule has 1 rings (SSSR count). The van der Waals surface area contributed by atoms with Gasteiger partial charge in [-0.3, -0.25) is 4.79 Å². The maximum Gasteiger partial charge on any atom is 0.222 e. The van der Waals surface area contributed by atoms with Gasteiger partial charge in [0.05, 0.1) is 0 Å². The topological polar surface area (TPSA) is 40.5 Å². The quantitative estimate of drug-likeness (QED) is 0.825. The fourth-order valence-electron chi connectivity index (χ4n) is 4.19. The Balaban J connectivity index is 3.25. The lowest BCUT2D eigenvalue weighted by atomic mass is 9.56. The molecule has 0 radical (unpaired) electrons. The van der Waals surface area contributed by atoms with E-state index in [2.05, 4.69) is 53.4 Å². The minimum absolute atomic E-state index is 0.0101. The Morgan fingerprint density at radius 3 is 2.14 bits per heavy atom. The highest BCUT2D eigenvalue weighted by atomic mass is 16.3. The molecule has 1 amide bonds. The molecule has 0 bridgehead atoms. The van der Waals surface area contributed by atoms with Crippen molar-refractivity contribution in [2.45, 2.75) is 86.6 Å². The lowest BCUT2D eigenvalue weighted by Gasteiger charge is -2.55. The fraction of sp³-hybridized carbons (Fsp3) is 0.947. The molecule has 130 valence electrons. The molecule has 1 aliphatic rings. The lowest BCUT2D eigenvalue weighted by Crippen LogP contribution is -2.59. The highest BCUT2D eigenvalue weighted by Gasteiger charge is 2.50. The van der Waals surface area contributed by atoms with Crippen molar-refractivity contribution >= 4 is 5.91 Å². The van der Waals surface area contributed by atoms with Crippen LogP contribution in [0.1, 0.15) is 80.6 Å². The van der Waals surface area contributed by atoms with E-state index in [1.54, 1.807) is 0 Å². The SMILES string of the molecule is CC(C)(C)C(N1CCCCCC1=O)C(C)(C)C(C)(C)CCO. The molecule has 0 spiro atoms.